The molecule has 1 saturated heterocycles. The number of sulfone groups is 1. The van der Waals surface area contributed by atoms with Crippen LogP contribution in [0.5, 0.6) is 0 Å². The Hall–Kier alpha value is -4.05. The van der Waals surface area contributed by atoms with Gasteiger partial charge in [0.25, 0.3) is 0 Å². The zero-order valence-electron chi connectivity index (χ0n) is 21.0. The molecule has 2 atom stereocenters. The largest absolute Gasteiger partial charge is 0.353 e. The number of rotatable bonds is 4. The van der Waals surface area contributed by atoms with Crippen molar-refractivity contribution in [3.8, 4) is 0 Å². The summed E-state index contributed by atoms with van der Waals surface area (Å²) in [6, 6.07) is 18.3. The molecule has 3 aromatic carbocycles. The second-order valence-corrected chi connectivity index (χ2v) is 11.5. The summed E-state index contributed by atoms with van der Waals surface area (Å²) >= 11 is 0. The number of aliphatic imine (C=N–C) groups is 1. The molecule has 1 fully saturated rings. The molecule has 0 aromatic heterocycles. The number of benzene rings is 3. The second kappa shape index (κ2) is 10.0. The van der Waals surface area contributed by atoms with E-state index >= 15 is 0 Å². The van der Waals surface area contributed by atoms with Crippen LogP contribution < -0.4 is 5.32 Å². The average molecular weight is 535 g/mol. The van der Waals surface area contributed by atoms with Crippen molar-refractivity contribution in [3.63, 3.8) is 0 Å². The van der Waals surface area contributed by atoms with Crippen molar-refractivity contribution in [2.75, 3.05) is 25.9 Å². The first-order valence-corrected chi connectivity index (χ1v) is 14.1. The van der Waals surface area contributed by atoms with Crippen molar-refractivity contribution in [2.24, 2.45) is 4.99 Å². The number of hydrogen-bond acceptors (Lipinski definition) is 5. The molecule has 2 aliphatic heterocycles. The number of amides is 3. The summed E-state index contributed by atoms with van der Waals surface area (Å²) in [5.74, 6) is -0.221. The first-order valence-electron chi connectivity index (χ1n) is 12.2. The van der Waals surface area contributed by atoms with Crippen molar-refractivity contribution < 1.29 is 22.4 Å². The van der Waals surface area contributed by atoms with Crippen LogP contribution in [0, 0.1) is 12.7 Å². The Labute approximate surface area is 220 Å². The molecule has 3 amide bonds. The van der Waals surface area contributed by atoms with Crippen molar-refractivity contribution >= 4 is 27.6 Å². The van der Waals surface area contributed by atoms with E-state index in [1.54, 1.807) is 29.2 Å². The highest BCUT2D eigenvalue weighted by molar-refractivity contribution is 7.90. The number of piperazine rings is 1. The van der Waals surface area contributed by atoms with Gasteiger partial charge in [-0.05, 0) is 47.9 Å². The van der Waals surface area contributed by atoms with Crippen LogP contribution >= 0.6 is 0 Å². The van der Waals surface area contributed by atoms with E-state index in [1.807, 2.05) is 31.2 Å². The monoisotopic (exact) mass is 534 g/mol. The van der Waals surface area contributed by atoms with Gasteiger partial charge in [-0.25, -0.2) is 17.6 Å². The molecular weight excluding hydrogens is 507 g/mol. The van der Waals surface area contributed by atoms with Gasteiger partial charge in [0.1, 0.15) is 24.2 Å². The average Bonchev–Trinajstić information content (AvgIpc) is 3.29. The lowest BCUT2D eigenvalue weighted by atomic mass is 9.93. The number of nitrogens with one attached hydrogen (secondary N) is 1. The fourth-order valence-corrected chi connectivity index (χ4v) is 5.52. The predicted molar refractivity (Wildman–Crippen MR) is 141 cm³/mol. The molecule has 38 heavy (non-hydrogen) atoms. The molecule has 0 radical (unpaired) electrons. The van der Waals surface area contributed by atoms with E-state index in [-0.39, 0.29) is 23.4 Å². The van der Waals surface area contributed by atoms with Crippen LogP contribution in [0.2, 0.25) is 0 Å². The van der Waals surface area contributed by atoms with Gasteiger partial charge in [-0.15, -0.1) is 0 Å². The van der Waals surface area contributed by atoms with E-state index in [9.17, 15) is 22.4 Å². The first-order chi connectivity index (χ1) is 18.1. The summed E-state index contributed by atoms with van der Waals surface area (Å²) in [6.07, 6.45) is 1.14. The highest BCUT2D eigenvalue weighted by Crippen LogP contribution is 2.44. The molecule has 8 nitrogen and oxygen atoms in total. The number of amidine groups is 1. The zero-order chi connectivity index (χ0) is 27.0. The van der Waals surface area contributed by atoms with E-state index in [1.165, 1.54) is 29.2 Å². The molecule has 0 bridgehead atoms. The van der Waals surface area contributed by atoms with E-state index in [0.29, 0.717) is 30.1 Å². The quantitative estimate of drug-likeness (QED) is 0.553. The van der Waals surface area contributed by atoms with E-state index in [4.69, 9.17) is 4.99 Å². The number of carbonyl (C=O) groups excluding carboxylic acids is 2. The van der Waals surface area contributed by atoms with Gasteiger partial charge in [-0.3, -0.25) is 14.7 Å². The topological polar surface area (TPSA) is 99.2 Å². The summed E-state index contributed by atoms with van der Waals surface area (Å²) in [5, 5.41) is 2.74. The SMILES string of the molecule is Cc1ccccc1C1=NC(c2ccc(S(C)(=O)=O)cc2)C(c2ccc(F)cc2)N1C(=O)N1CCNC(=O)C1. The van der Waals surface area contributed by atoms with Crippen LogP contribution in [0.3, 0.4) is 0 Å². The number of aryl methyl sites for hydroxylation is 1. The maximum atomic E-state index is 14.1. The maximum Gasteiger partial charge on any atom is 0.326 e. The third-order valence-electron chi connectivity index (χ3n) is 6.83. The number of urea groups is 1. The molecule has 0 saturated carbocycles. The lowest BCUT2D eigenvalue weighted by Gasteiger charge is -2.35. The molecule has 5 rings (SSSR count). The van der Waals surface area contributed by atoms with Crippen LogP contribution in [0.25, 0.3) is 0 Å². The second-order valence-electron chi connectivity index (χ2n) is 9.47. The Morgan fingerprint density at radius 2 is 1.66 bits per heavy atom. The third kappa shape index (κ3) is 4.91. The van der Waals surface area contributed by atoms with Crippen LogP contribution in [0.15, 0.2) is 82.7 Å². The predicted octanol–water partition coefficient (Wildman–Crippen LogP) is 3.63. The minimum Gasteiger partial charge on any atom is -0.353 e. The molecule has 3 aromatic rings. The smallest absolute Gasteiger partial charge is 0.326 e. The molecule has 1 N–H and O–H groups in total. The maximum absolute atomic E-state index is 14.1. The first kappa shape index (κ1) is 25.6. The van der Waals surface area contributed by atoms with Gasteiger partial charge < -0.3 is 10.2 Å². The van der Waals surface area contributed by atoms with Crippen molar-refractivity contribution in [1.29, 1.82) is 0 Å². The van der Waals surface area contributed by atoms with E-state index < -0.39 is 27.7 Å². The minimum atomic E-state index is -3.40. The van der Waals surface area contributed by atoms with Crippen molar-refractivity contribution in [3.05, 3.63) is 101 Å². The van der Waals surface area contributed by atoms with Crippen molar-refractivity contribution in [1.82, 2.24) is 15.1 Å². The molecule has 10 heteroatoms. The molecule has 0 spiro atoms. The Morgan fingerprint density at radius 1 is 1.00 bits per heavy atom. The summed E-state index contributed by atoms with van der Waals surface area (Å²) in [6.45, 7) is 2.52. The molecule has 0 aliphatic carbocycles. The molecule has 2 unspecified atom stereocenters. The number of halogens is 1. The number of nitrogens with zero attached hydrogens (tertiary/aromatic N) is 3. The fraction of sp³-hybridized carbons (Fsp3) is 0.250. The van der Waals surface area contributed by atoms with Gasteiger partial charge in [0.05, 0.1) is 10.9 Å². The van der Waals surface area contributed by atoms with Gasteiger partial charge in [-0.2, -0.15) is 0 Å². The minimum absolute atomic E-state index is 0.0831. The Morgan fingerprint density at radius 3 is 2.29 bits per heavy atom. The zero-order valence-corrected chi connectivity index (χ0v) is 21.8. The van der Waals surface area contributed by atoms with E-state index in [0.717, 1.165) is 17.4 Å². The highest BCUT2D eigenvalue weighted by Gasteiger charge is 2.44. The number of hydrogen-bond donors (Lipinski definition) is 1. The number of carbonyl (C=O) groups is 2. The van der Waals surface area contributed by atoms with Gasteiger partial charge in [0.15, 0.2) is 9.84 Å². The fourth-order valence-electron chi connectivity index (χ4n) is 4.88. The standard InChI is InChI=1S/C28H27FN4O4S/c1-18-5-3-4-6-23(18)27-31-25(19-9-13-22(14-10-19)38(2,36)37)26(20-7-11-21(29)12-8-20)33(27)28(35)32-16-15-30-24(34)17-32/h3-14,25-26H,15-17H2,1-2H3,(H,30,34). The van der Waals surface area contributed by atoms with Gasteiger partial charge in [0.2, 0.25) is 5.91 Å². The molecule has 2 aliphatic rings. The lowest BCUT2D eigenvalue weighted by Crippen LogP contribution is -2.55. The lowest BCUT2D eigenvalue weighted by molar-refractivity contribution is -0.123. The summed E-state index contributed by atoms with van der Waals surface area (Å²) in [4.78, 5) is 34.5. The van der Waals surface area contributed by atoms with Crippen molar-refractivity contribution in [2.45, 2.75) is 23.9 Å². The summed E-state index contributed by atoms with van der Waals surface area (Å²) in [7, 11) is -3.40. The van der Waals surface area contributed by atoms with Crippen LogP contribution in [-0.4, -0.2) is 61.9 Å². The summed E-state index contributed by atoms with van der Waals surface area (Å²) < 4.78 is 38.0. The highest BCUT2D eigenvalue weighted by atomic mass is 32.2. The summed E-state index contributed by atoms with van der Waals surface area (Å²) in [5.41, 5.74) is 3.02. The third-order valence-corrected chi connectivity index (χ3v) is 7.96. The Balaban J connectivity index is 1.68. The van der Waals surface area contributed by atoms with Crippen LogP contribution in [-0.2, 0) is 14.6 Å². The Kier molecular flexibility index (Phi) is 6.75. The molecule has 2 heterocycles. The normalized spacial score (nSPS) is 19.8. The Bertz CT molecular complexity index is 1520. The van der Waals surface area contributed by atoms with Gasteiger partial charge in [-0.1, -0.05) is 48.5 Å². The molecular formula is C28H27FN4O4S. The van der Waals surface area contributed by atoms with Gasteiger partial charge >= 0.3 is 6.03 Å². The van der Waals surface area contributed by atoms with Crippen LogP contribution in [0.4, 0.5) is 9.18 Å². The molecule has 196 valence electrons. The van der Waals surface area contributed by atoms with Crippen LogP contribution in [0.1, 0.15) is 34.3 Å². The van der Waals surface area contributed by atoms with Gasteiger partial charge in [0, 0.05) is 24.9 Å². The van der Waals surface area contributed by atoms with E-state index in [2.05, 4.69) is 5.32 Å².